The number of hydrogen-bond donors (Lipinski definition) is 0. The van der Waals surface area contributed by atoms with E-state index >= 15 is 0 Å². The maximum atomic E-state index is 13.1. The van der Waals surface area contributed by atoms with Gasteiger partial charge in [0.25, 0.3) is 0 Å². The van der Waals surface area contributed by atoms with Crippen LogP contribution in [0, 0.1) is 6.92 Å². The van der Waals surface area contributed by atoms with Gasteiger partial charge in [-0.25, -0.2) is 8.42 Å². The molecule has 7 nitrogen and oxygen atoms in total. The van der Waals surface area contributed by atoms with Crippen molar-refractivity contribution in [1.82, 2.24) is 13.8 Å². The zero-order chi connectivity index (χ0) is 22.9. The third-order valence-electron chi connectivity index (χ3n) is 5.64. The van der Waals surface area contributed by atoms with Gasteiger partial charge in [0.1, 0.15) is 0 Å². The second-order valence-corrected chi connectivity index (χ2v) is 10.6. The average Bonchev–Trinajstić information content (AvgIpc) is 3.12. The number of amides is 1. The van der Waals surface area contributed by atoms with Crippen LogP contribution in [0.15, 0.2) is 58.2 Å². The number of benzene rings is 2. The Bertz CT molecular complexity index is 1330. The monoisotopic (exact) mass is 471 g/mol. The topological polar surface area (TPSA) is 79.7 Å². The van der Waals surface area contributed by atoms with E-state index in [0.717, 1.165) is 28.0 Å². The van der Waals surface area contributed by atoms with Crippen LogP contribution in [0.1, 0.15) is 18.1 Å². The smallest absolute Gasteiger partial charge is 0.308 e. The minimum Gasteiger partial charge on any atom is -0.337 e. The van der Waals surface area contributed by atoms with Gasteiger partial charge in [0, 0.05) is 38.8 Å². The molecule has 0 bridgehead atoms. The first-order chi connectivity index (χ1) is 15.3. The molecule has 2 heterocycles. The number of rotatable bonds is 5. The lowest BCUT2D eigenvalue weighted by molar-refractivity contribution is -0.127. The van der Waals surface area contributed by atoms with Crippen molar-refractivity contribution >= 4 is 43.6 Å². The van der Waals surface area contributed by atoms with Crippen LogP contribution in [0.25, 0.3) is 16.3 Å². The number of piperazine rings is 1. The van der Waals surface area contributed by atoms with Crippen LogP contribution < -0.4 is 4.87 Å². The molecule has 1 fully saturated rings. The Kier molecular flexibility index (Phi) is 6.32. The molecule has 1 saturated heterocycles. The number of aromatic nitrogens is 1. The molecular formula is C23H25N3O4S2. The number of fused-ring (bicyclic) bond motifs is 1. The van der Waals surface area contributed by atoms with Crippen molar-refractivity contribution < 1.29 is 13.2 Å². The largest absolute Gasteiger partial charge is 0.337 e. The van der Waals surface area contributed by atoms with Gasteiger partial charge in [-0.15, -0.1) is 0 Å². The molecule has 0 N–H and O–H groups in total. The van der Waals surface area contributed by atoms with Gasteiger partial charge in [0.15, 0.2) is 0 Å². The van der Waals surface area contributed by atoms with E-state index in [1.54, 1.807) is 33.7 Å². The number of aryl methyl sites for hydroxylation is 2. The van der Waals surface area contributed by atoms with Crippen LogP contribution in [-0.4, -0.2) is 54.3 Å². The van der Waals surface area contributed by atoms with E-state index in [1.807, 2.05) is 38.1 Å². The molecule has 0 saturated carbocycles. The van der Waals surface area contributed by atoms with Crippen LogP contribution in [0.5, 0.6) is 0 Å². The fourth-order valence-corrected chi connectivity index (χ4v) is 6.27. The number of nitrogens with zero attached hydrogens (tertiary/aromatic N) is 3. The fraction of sp³-hybridized carbons (Fsp3) is 0.304. The van der Waals surface area contributed by atoms with Gasteiger partial charge in [-0.3, -0.25) is 14.2 Å². The molecule has 1 aliphatic rings. The van der Waals surface area contributed by atoms with E-state index in [1.165, 1.54) is 10.4 Å². The molecule has 9 heteroatoms. The minimum atomic E-state index is -3.70. The van der Waals surface area contributed by atoms with E-state index < -0.39 is 10.0 Å². The van der Waals surface area contributed by atoms with Crippen molar-refractivity contribution in [3.05, 3.63) is 69.3 Å². The highest BCUT2D eigenvalue weighted by molar-refractivity contribution is 7.89. The van der Waals surface area contributed by atoms with Crippen molar-refractivity contribution in [3.8, 4) is 0 Å². The molecule has 0 unspecified atom stereocenters. The predicted octanol–water partition coefficient (Wildman–Crippen LogP) is 2.94. The summed E-state index contributed by atoms with van der Waals surface area (Å²) in [6, 6.07) is 12.7. The van der Waals surface area contributed by atoms with Crippen LogP contribution in [0.3, 0.4) is 0 Å². The zero-order valence-corrected chi connectivity index (χ0v) is 19.7. The Morgan fingerprint density at radius 1 is 1.06 bits per heavy atom. The maximum absolute atomic E-state index is 13.1. The van der Waals surface area contributed by atoms with Crippen molar-refractivity contribution in [2.75, 3.05) is 26.2 Å². The van der Waals surface area contributed by atoms with Crippen molar-refractivity contribution in [3.63, 3.8) is 0 Å². The summed E-state index contributed by atoms with van der Waals surface area (Å²) in [4.78, 5) is 26.3. The van der Waals surface area contributed by atoms with E-state index in [-0.39, 0.29) is 28.8 Å². The van der Waals surface area contributed by atoms with E-state index in [0.29, 0.717) is 24.3 Å². The molecule has 0 atom stereocenters. The van der Waals surface area contributed by atoms with E-state index in [9.17, 15) is 18.0 Å². The average molecular weight is 472 g/mol. The summed E-state index contributed by atoms with van der Waals surface area (Å²) in [7, 11) is -3.70. The van der Waals surface area contributed by atoms with Gasteiger partial charge in [0.05, 0.1) is 15.1 Å². The Labute approximate surface area is 191 Å². The summed E-state index contributed by atoms with van der Waals surface area (Å²) in [5.74, 6) is -0.130. The van der Waals surface area contributed by atoms with E-state index in [2.05, 4.69) is 0 Å². The van der Waals surface area contributed by atoms with Gasteiger partial charge in [-0.2, -0.15) is 4.31 Å². The van der Waals surface area contributed by atoms with Crippen LogP contribution >= 0.6 is 11.3 Å². The quantitative estimate of drug-likeness (QED) is 0.536. The maximum Gasteiger partial charge on any atom is 0.308 e. The summed E-state index contributed by atoms with van der Waals surface area (Å²) in [6.07, 6.45) is 3.30. The minimum absolute atomic E-state index is 0.0946. The normalized spacial score (nSPS) is 15.6. The molecule has 3 aromatic rings. The highest BCUT2D eigenvalue weighted by Gasteiger charge is 2.30. The number of sulfonamides is 1. The van der Waals surface area contributed by atoms with Crippen molar-refractivity contribution in [2.45, 2.75) is 25.3 Å². The number of carbonyl (C=O) groups excluding carboxylic acids is 1. The Morgan fingerprint density at radius 2 is 1.75 bits per heavy atom. The van der Waals surface area contributed by atoms with Crippen molar-refractivity contribution in [2.24, 2.45) is 0 Å². The number of carbonyl (C=O) groups is 1. The molecule has 0 radical (unpaired) electrons. The first-order valence-electron chi connectivity index (χ1n) is 10.5. The summed E-state index contributed by atoms with van der Waals surface area (Å²) >= 11 is 1.05. The lowest BCUT2D eigenvalue weighted by Gasteiger charge is -2.33. The highest BCUT2D eigenvalue weighted by Crippen LogP contribution is 2.24. The third kappa shape index (κ3) is 4.41. The first kappa shape index (κ1) is 22.4. The molecule has 0 spiro atoms. The fourth-order valence-electron chi connectivity index (χ4n) is 3.75. The van der Waals surface area contributed by atoms with Crippen LogP contribution in [0.4, 0.5) is 0 Å². The molecule has 2 aromatic carbocycles. The summed E-state index contributed by atoms with van der Waals surface area (Å²) < 4.78 is 30.0. The standard InChI is InChI=1S/C23H25N3O4S2/c1-3-26-20-10-9-19(16-21(20)31-23(26)28)32(29,30)25-14-12-24(13-15-25)22(27)11-8-18-6-4-17(2)5-7-18/h4-11,16H,3,12-15H2,1-2H3. The predicted molar refractivity (Wildman–Crippen MR) is 127 cm³/mol. The van der Waals surface area contributed by atoms with Crippen molar-refractivity contribution in [1.29, 1.82) is 0 Å². The first-order valence-corrected chi connectivity index (χ1v) is 12.7. The molecule has 1 amide bonds. The SMILES string of the molecule is CCn1c(=O)sc2cc(S(=O)(=O)N3CCN(C(=O)C=Cc4ccc(C)cc4)CC3)ccc21. The second-order valence-electron chi connectivity index (χ2n) is 7.72. The second kappa shape index (κ2) is 9.01. The molecular weight excluding hydrogens is 446 g/mol. The van der Waals surface area contributed by atoms with Crippen LogP contribution in [-0.2, 0) is 21.4 Å². The summed E-state index contributed by atoms with van der Waals surface area (Å²) in [6.45, 7) is 5.56. The molecule has 0 aliphatic carbocycles. The molecule has 4 rings (SSSR count). The Hall–Kier alpha value is -2.75. The molecule has 1 aliphatic heterocycles. The Balaban J connectivity index is 1.44. The lowest BCUT2D eigenvalue weighted by Crippen LogP contribution is -2.50. The van der Waals surface area contributed by atoms with Crippen LogP contribution in [0.2, 0.25) is 0 Å². The van der Waals surface area contributed by atoms with Gasteiger partial charge in [-0.05, 0) is 43.7 Å². The highest BCUT2D eigenvalue weighted by atomic mass is 32.2. The van der Waals surface area contributed by atoms with Gasteiger partial charge >= 0.3 is 4.87 Å². The third-order valence-corrected chi connectivity index (χ3v) is 8.48. The van der Waals surface area contributed by atoms with E-state index in [4.69, 9.17) is 0 Å². The Morgan fingerprint density at radius 3 is 2.41 bits per heavy atom. The zero-order valence-electron chi connectivity index (χ0n) is 18.0. The molecule has 1 aromatic heterocycles. The number of thiazole rings is 1. The molecule has 168 valence electrons. The van der Waals surface area contributed by atoms with Gasteiger partial charge < -0.3 is 4.90 Å². The van der Waals surface area contributed by atoms with Gasteiger partial charge in [0.2, 0.25) is 15.9 Å². The molecule has 32 heavy (non-hydrogen) atoms. The summed E-state index contributed by atoms with van der Waals surface area (Å²) in [5, 5.41) is 0. The lowest BCUT2D eigenvalue weighted by atomic mass is 10.1. The summed E-state index contributed by atoms with van der Waals surface area (Å²) in [5.41, 5.74) is 2.85. The number of hydrogen-bond acceptors (Lipinski definition) is 5. The van der Waals surface area contributed by atoms with Gasteiger partial charge in [-0.1, -0.05) is 41.2 Å².